The molecule has 2 aromatic carbocycles. The van der Waals surface area contributed by atoms with Gasteiger partial charge in [-0.05, 0) is 49.7 Å². The SMILES string of the molecule is Cc1ccc(NCc2nnc(SCC(=O)Nc3ccc(Cl)cc3)o2)c(C)c1. The molecule has 1 amide bonds. The summed E-state index contributed by atoms with van der Waals surface area (Å²) in [7, 11) is 0. The number of thioether (sulfide) groups is 1. The molecule has 0 aliphatic carbocycles. The fourth-order valence-corrected chi connectivity index (χ4v) is 3.11. The predicted octanol–water partition coefficient (Wildman–Crippen LogP) is 4.68. The van der Waals surface area contributed by atoms with Gasteiger partial charge in [0.2, 0.25) is 11.8 Å². The monoisotopic (exact) mass is 402 g/mol. The van der Waals surface area contributed by atoms with Gasteiger partial charge in [-0.2, -0.15) is 0 Å². The molecule has 0 fully saturated rings. The molecule has 0 saturated carbocycles. The van der Waals surface area contributed by atoms with Crippen LogP contribution in [0.4, 0.5) is 11.4 Å². The summed E-state index contributed by atoms with van der Waals surface area (Å²) in [5.41, 5.74) is 4.08. The van der Waals surface area contributed by atoms with E-state index in [9.17, 15) is 4.79 Å². The van der Waals surface area contributed by atoms with E-state index >= 15 is 0 Å². The second kappa shape index (κ2) is 8.92. The van der Waals surface area contributed by atoms with Crippen LogP contribution in [0.1, 0.15) is 17.0 Å². The van der Waals surface area contributed by atoms with E-state index in [0.717, 1.165) is 11.3 Å². The number of benzene rings is 2. The van der Waals surface area contributed by atoms with Gasteiger partial charge in [-0.3, -0.25) is 4.79 Å². The van der Waals surface area contributed by atoms with Crippen molar-refractivity contribution in [1.82, 2.24) is 10.2 Å². The van der Waals surface area contributed by atoms with Gasteiger partial charge in [0, 0.05) is 16.4 Å². The van der Waals surface area contributed by atoms with Crippen LogP contribution in [0.2, 0.25) is 5.02 Å². The second-order valence-electron chi connectivity index (χ2n) is 5.98. The van der Waals surface area contributed by atoms with Gasteiger partial charge in [-0.1, -0.05) is 41.1 Å². The molecule has 0 bridgehead atoms. The van der Waals surface area contributed by atoms with Crippen molar-refractivity contribution in [2.75, 3.05) is 16.4 Å². The summed E-state index contributed by atoms with van der Waals surface area (Å²) in [6.45, 7) is 4.53. The van der Waals surface area contributed by atoms with Gasteiger partial charge in [0.05, 0.1) is 12.3 Å². The number of halogens is 1. The van der Waals surface area contributed by atoms with Crippen LogP contribution >= 0.6 is 23.4 Å². The molecular formula is C19H19ClN4O2S. The van der Waals surface area contributed by atoms with Crippen LogP contribution in [-0.2, 0) is 11.3 Å². The van der Waals surface area contributed by atoms with Gasteiger partial charge in [0.25, 0.3) is 5.22 Å². The van der Waals surface area contributed by atoms with Crippen molar-refractivity contribution in [3.63, 3.8) is 0 Å². The summed E-state index contributed by atoms with van der Waals surface area (Å²) in [5.74, 6) is 0.487. The molecule has 0 aliphatic heterocycles. The van der Waals surface area contributed by atoms with Gasteiger partial charge in [0.1, 0.15) is 0 Å². The van der Waals surface area contributed by atoms with Crippen LogP contribution in [0.3, 0.4) is 0 Å². The average Bonchev–Trinajstić information content (AvgIpc) is 3.09. The minimum atomic E-state index is -0.157. The van der Waals surface area contributed by atoms with Crippen molar-refractivity contribution in [1.29, 1.82) is 0 Å². The maximum atomic E-state index is 12.0. The topological polar surface area (TPSA) is 80.0 Å². The summed E-state index contributed by atoms with van der Waals surface area (Å²) in [5, 5.41) is 15.0. The molecule has 0 spiro atoms. The molecule has 27 heavy (non-hydrogen) atoms. The third-order valence-corrected chi connectivity index (χ3v) is 4.79. The van der Waals surface area contributed by atoms with E-state index in [1.807, 2.05) is 19.1 Å². The van der Waals surface area contributed by atoms with Crippen molar-refractivity contribution >= 4 is 40.6 Å². The molecule has 3 aromatic rings. The van der Waals surface area contributed by atoms with Gasteiger partial charge < -0.3 is 15.1 Å². The Labute approximate surface area is 166 Å². The molecule has 3 rings (SSSR count). The Hall–Kier alpha value is -2.51. The molecular weight excluding hydrogens is 384 g/mol. The fraction of sp³-hybridized carbons (Fsp3) is 0.211. The first-order chi connectivity index (χ1) is 13.0. The summed E-state index contributed by atoms with van der Waals surface area (Å²) >= 11 is 7.01. The number of aryl methyl sites for hydroxylation is 2. The minimum absolute atomic E-state index is 0.157. The van der Waals surface area contributed by atoms with Crippen molar-refractivity contribution in [2.45, 2.75) is 25.6 Å². The van der Waals surface area contributed by atoms with Crippen molar-refractivity contribution in [3.8, 4) is 0 Å². The zero-order valence-corrected chi connectivity index (χ0v) is 16.5. The van der Waals surface area contributed by atoms with Crippen molar-refractivity contribution in [3.05, 3.63) is 64.5 Å². The van der Waals surface area contributed by atoms with E-state index < -0.39 is 0 Å². The van der Waals surface area contributed by atoms with Gasteiger partial charge in [-0.25, -0.2) is 0 Å². The van der Waals surface area contributed by atoms with E-state index in [0.29, 0.717) is 28.4 Å². The number of carbonyl (C=O) groups excluding carboxylic acids is 1. The summed E-state index contributed by atoms with van der Waals surface area (Å²) in [6.07, 6.45) is 0. The van der Waals surface area contributed by atoms with Crippen LogP contribution in [0.25, 0.3) is 0 Å². The van der Waals surface area contributed by atoms with Crippen LogP contribution in [0, 0.1) is 13.8 Å². The highest BCUT2D eigenvalue weighted by atomic mass is 35.5. The molecule has 0 atom stereocenters. The zero-order valence-electron chi connectivity index (χ0n) is 15.0. The van der Waals surface area contributed by atoms with Crippen LogP contribution in [-0.4, -0.2) is 21.9 Å². The van der Waals surface area contributed by atoms with E-state index in [4.69, 9.17) is 16.0 Å². The summed E-state index contributed by atoms with van der Waals surface area (Å²) < 4.78 is 5.57. The highest BCUT2D eigenvalue weighted by Crippen LogP contribution is 2.20. The number of nitrogens with one attached hydrogen (secondary N) is 2. The van der Waals surface area contributed by atoms with Gasteiger partial charge >= 0.3 is 0 Å². The standard InChI is InChI=1S/C19H19ClN4O2S/c1-12-3-8-16(13(2)9-12)21-10-18-23-24-19(26-18)27-11-17(25)22-15-6-4-14(20)5-7-15/h3-9,21H,10-11H2,1-2H3,(H,22,25). The molecule has 1 aromatic heterocycles. The van der Waals surface area contributed by atoms with Gasteiger partial charge in [-0.15, -0.1) is 10.2 Å². The van der Waals surface area contributed by atoms with Crippen molar-refractivity contribution in [2.24, 2.45) is 0 Å². The first kappa shape index (κ1) is 19.3. The Kier molecular flexibility index (Phi) is 6.36. The Morgan fingerprint density at radius 1 is 1.15 bits per heavy atom. The van der Waals surface area contributed by atoms with E-state index in [-0.39, 0.29) is 11.7 Å². The molecule has 0 saturated heterocycles. The fourth-order valence-electron chi connectivity index (χ4n) is 2.41. The second-order valence-corrected chi connectivity index (χ2v) is 7.34. The molecule has 2 N–H and O–H groups in total. The maximum Gasteiger partial charge on any atom is 0.277 e. The van der Waals surface area contributed by atoms with Crippen molar-refractivity contribution < 1.29 is 9.21 Å². The third-order valence-electron chi connectivity index (χ3n) is 3.71. The Morgan fingerprint density at radius 2 is 1.93 bits per heavy atom. The number of anilines is 2. The minimum Gasteiger partial charge on any atom is -0.414 e. The maximum absolute atomic E-state index is 12.0. The molecule has 0 radical (unpaired) electrons. The van der Waals surface area contributed by atoms with E-state index in [2.05, 4.69) is 33.8 Å². The lowest BCUT2D eigenvalue weighted by Gasteiger charge is -2.07. The number of rotatable bonds is 7. The Bertz CT molecular complexity index is 928. The number of amides is 1. The van der Waals surface area contributed by atoms with Crippen LogP contribution < -0.4 is 10.6 Å². The number of hydrogen-bond acceptors (Lipinski definition) is 6. The van der Waals surface area contributed by atoms with Crippen LogP contribution in [0.5, 0.6) is 0 Å². The number of carbonyl (C=O) groups is 1. The molecule has 1 heterocycles. The average molecular weight is 403 g/mol. The number of aromatic nitrogens is 2. The van der Waals surface area contributed by atoms with Gasteiger partial charge in [0.15, 0.2) is 0 Å². The largest absolute Gasteiger partial charge is 0.414 e. The first-order valence-electron chi connectivity index (χ1n) is 8.31. The molecule has 0 unspecified atom stereocenters. The Balaban J connectivity index is 1.47. The number of hydrogen-bond donors (Lipinski definition) is 2. The number of nitrogens with zero attached hydrogens (tertiary/aromatic N) is 2. The highest BCUT2D eigenvalue weighted by Gasteiger charge is 2.10. The van der Waals surface area contributed by atoms with E-state index in [1.54, 1.807) is 24.3 Å². The third kappa shape index (κ3) is 5.74. The zero-order chi connectivity index (χ0) is 19.2. The highest BCUT2D eigenvalue weighted by molar-refractivity contribution is 7.99. The molecule has 6 nitrogen and oxygen atoms in total. The lowest BCUT2D eigenvalue weighted by Crippen LogP contribution is -2.13. The normalized spacial score (nSPS) is 10.6. The smallest absolute Gasteiger partial charge is 0.277 e. The molecule has 140 valence electrons. The lowest BCUT2D eigenvalue weighted by atomic mass is 10.1. The quantitative estimate of drug-likeness (QED) is 0.558. The predicted molar refractivity (Wildman–Crippen MR) is 108 cm³/mol. The summed E-state index contributed by atoms with van der Waals surface area (Å²) in [6, 6.07) is 13.1. The first-order valence-corrected chi connectivity index (χ1v) is 9.67. The summed E-state index contributed by atoms with van der Waals surface area (Å²) in [4.78, 5) is 12.0. The molecule has 0 aliphatic rings. The van der Waals surface area contributed by atoms with E-state index in [1.165, 1.54) is 17.3 Å². The lowest BCUT2D eigenvalue weighted by molar-refractivity contribution is -0.113. The van der Waals surface area contributed by atoms with Crippen LogP contribution in [0.15, 0.2) is 52.1 Å². The molecule has 8 heteroatoms. The Morgan fingerprint density at radius 3 is 2.67 bits per heavy atom.